The molecule has 0 aliphatic heterocycles. The van der Waals surface area contributed by atoms with Gasteiger partial charge in [-0.15, -0.1) is 0 Å². The van der Waals surface area contributed by atoms with Crippen LogP contribution in [0.3, 0.4) is 0 Å². The second kappa shape index (κ2) is 7.79. The van der Waals surface area contributed by atoms with Gasteiger partial charge >= 0.3 is 0 Å². The van der Waals surface area contributed by atoms with E-state index in [0.717, 1.165) is 29.1 Å². The quantitative estimate of drug-likeness (QED) is 0.707. The summed E-state index contributed by atoms with van der Waals surface area (Å²) in [7, 11) is 0. The lowest BCUT2D eigenvalue weighted by atomic mass is 10.1. The maximum Gasteiger partial charge on any atom is 0.117 e. The number of hydrogen-bond donors (Lipinski definition) is 1. The van der Waals surface area contributed by atoms with E-state index in [2.05, 4.69) is 22.4 Å². The molecule has 4 nitrogen and oxygen atoms in total. The fourth-order valence-electron chi connectivity index (χ4n) is 2.44. The summed E-state index contributed by atoms with van der Waals surface area (Å²) in [5.74, 6) is 0. The zero-order valence-electron chi connectivity index (χ0n) is 13.3. The summed E-state index contributed by atoms with van der Waals surface area (Å²) in [5, 5.41) is 13.7. The second-order valence-electron chi connectivity index (χ2n) is 5.42. The minimum atomic E-state index is 0.539. The standard InChI is InChI=1S/C18H18Cl2N4/c1-2-21-11-17-18(14-6-4-3-5-7-14)23-24(22-17)12-13-8-9-15(19)16(20)10-13/h3-10,21H,2,11-12H2,1H3. The van der Waals surface area contributed by atoms with E-state index in [0.29, 0.717) is 23.1 Å². The number of nitrogens with one attached hydrogen (secondary N) is 1. The summed E-state index contributed by atoms with van der Waals surface area (Å²) in [6.07, 6.45) is 0. The van der Waals surface area contributed by atoms with Gasteiger partial charge in [0.2, 0.25) is 0 Å². The SMILES string of the molecule is CCNCc1nn(Cc2ccc(Cl)c(Cl)c2)nc1-c1ccccc1. The molecule has 3 rings (SSSR count). The van der Waals surface area contributed by atoms with E-state index in [9.17, 15) is 0 Å². The summed E-state index contributed by atoms with van der Waals surface area (Å²) in [4.78, 5) is 1.70. The highest BCUT2D eigenvalue weighted by atomic mass is 35.5. The van der Waals surface area contributed by atoms with Gasteiger partial charge in [0.05, 0.1) is 16.6 Å². The van der Waals surface area contributed by atoms with Crippen LogP contribution in [0.2, 0.25) is 10.0 Å². The van der Waals surface area contributed by atoms with Gasteiger partial charge in [-0.3, -0.25) is 0 Å². The number of hydrogen-bond acceptors (Lipinski definition) is 3. The fourth-order valence-corrected chi connectivity index (χ4v) is 2.76. The number of rotatable bonds is 6. The molecular formula is C18H18Cl2N4. The molecule has 0 saturated carbocycles. The van der Waals surface area contributed by atoms with Crippen molar-refractivity contribution in [2.75, 3.05) is 6.54 Å². The van der Waals surface area contributed by atoms with Crippen LogP contribution in [-0.4, -0.2) is 21.5 Å². The molecular weight excluding hydrogens is 343 g/mol. The number of benzene rings is 2. The Morgan fingerprint density at radius 1 is 1.00 bits per heavy atom. The monoisotopic (exact) mass is 360 g/mol. The molecule has 6 heteroatoms. The Morgan fingerprint density at radius 2 is 1.79 bits per heavy atom. The fraction of sp³-hybridized carbons (Fsp3) is 0.222. The molecule has 2 aromatic carbocycles. The van der Waals surface area contributed by atoms with Crippen molar-refractivity contribution in [1.82, 2.24) is 20.3 Å². The largest absolute Gasteiger partial charge is 0.311 e. The van der Waals surface area contributed by atoms with Crippen LogP contribution in [-0.2, 0) is 13.1 Å². The van der Waals surface area contributed by atoms with Gasteiger partial charge in [-0.2, -0.15) is 15.0 Å². The van der Waals surface area contributed by atoms with Gasteiger partial charge in [0.25, 0.3) is 0 Å². The molecule has 0 fully saturated rings. The van der Waals surface area contributed by atoms with Crippen LogP contribution >= 0.6 is 23.2 Å². The molecule has 24 heavy (non-hydrogen) atoms. The smallest absolute Gasteiger partial charge is 0.117 e. The summed E-state index contributed by atoms with van der Waals surface area (Å²) < 4.78 is 0. The molecule has 0 aliphatic rings. The lowest BCUT2D eigenvalue weighted by Gasteiger charge is -2.02. The first-order chi connectivity index (χ1) is 11.7. The van der Waals surface area contributed by atoms with Crippen molar-refractivity contribution in [3.05, 3.63) is 69.8 Å². The zero-order chi connectivity index (χ0) is 16.9. The first-order valence-corrected chi connectivity index (χ1v) is 8.57. The highest BCUT2D eigenvalue weighted by Gasteiger charge is 2.13. The first kappa shape index (κ1) is 17.0. The molecule has 0 unspecified atom stereocenters. The van der Waals surface area contributed by atoms with E-state index in [1.54, 1.807) is 10.9 Å². The Labute approximate surface area is 151 Å². The molecule has 0 spiro atoms. The molecule has 0 radical (unpaired) electrons. The van der Waals surface area contributed by atoms with Crippen molar-refractivity contribution < 1.29 is 0 Å². The zero-order valence-corrected chi connectivity index (χ0v) is 14.8. The average molecular weight is 361 g/mol. The van der Waals surface area contributed by atoms with Gasteiger partial charge in [0.15, 0.2) is 0 Å². The van der Waals surface area contributed by atoms with E-state index in [1.807, 2.05) is 42.5 Å². The molecule has 0 amide bonds. The predicted octanol–water partition coefficient (Wildman–Crippen LogP) is 4.41. The van der Waals surface area contributed by atoms with E-state index in [-0.39, 0.29) is 0 Å². The molecule has 1 aromatic heterocycles. The molecule has 1 heterocycles. The Hall–Kier alpha value is -1.88. The van der Waals surface area contributed by atoms with Crippen molar-refractivity contribution in [3.8, 4) is 11.3 Å². The van der Waals surface area contributed by atoms with Crippen molar-refractivity contribution in [2.24, 2.45) is 0 Å². The van der Waals surface area contributed by atoms with E-state index in [1.165, 1.54) is 0 Å². The number of aromatic nitrogens is 3. The van der Waals surface area contributed by atoms with Crippen LogP contribution in [0.4, 0.5) is 0 Å². The van der Waals surface area contributed by atoms with E-state index in [4.69, 9.17) is 23.2 Å². The Bertz CT molecular complexity index is 815. The molecule has 1 N–H and O–H groups in total. The third-order valence-corrected chi connectivity index (χ3v) is 4.36. The van der Waals surface area contributed by atoms with Gasteiger partial charge in [0, 0.05) is 12.1 Å². The van der Waals surface area contributed by atoms with Gasteiger partial charge in [-0.1, -0.05) is 66.5 Å². The first-order valence-electron chi connectivity index (χ1n) is 7.81. The summed E-state index contributed by atoms with van der Waals surface area (Å²) in [6, 6.07) is 15.7. The predicted molar refractivity (Wildman–Crippen MR) is 98.4 cm³/mol. The minimum absolute atomic E-state index is 0.539. The van der Waals surface area contributed by atoms with E-state index >= 15 is 0 Å². The molecule has 0 saturated heterocycles. The lowest BCUT2D eigenvalue weighted by Crippen LogP contribution is -2.13. The molecule has 0 atom stereocenters. The van der Waals surface area contributed by atoms with Crippen molar-refractivity contribution in [1.29, 1.82) is 0 Å². The maximum atomic E-state index is 6.09. The van der Waals surface area contributed by atoms with Crippen molar-refractivity contribution in [3.63, 3.8) is 0 Å². The van der Waals surface area contributed by atoms with Crippen LogP contribution in [0.1, 0.15) is 18.2 Å². The molecule has 124 valence electrons. The third kappa shape index (κ3) is 3.96. The summed E-state index contributed by atoms with van der Waals surface area (Å²) >= 11 is 12.1. The third-order valence-electron chi connectivity index (χ3n) is 3.62. The summed E-state index contributed by atoms with van der Waals surface area (Å²) in [6.45, 7) is 4.18. The average Bonchev–Trinajstić information content (AvgIpc) is 3.00. The highest BCUT2D eigenvalue weighted by Crippen LogP contribution is 2.24. The Kier molecular flexibility index (Phi) is 5.51. The van der Waals surface area contributed by atoms with Gasteiger partial charge < -0.3 is 5.32 Å². The Balaban J connectivity index is 1.91. The molecule has 0 aliphatic carbocycles. The van der Waals surface area contributed by atoms with Gasteiger partial charge in [-0.05, 0) is 24.2 Å². The number of nitrogens with zero attached hydrogens (tertiary/aromatic N) is 3. The topological polar surface area (TPSA) is 42.7 Å². The normalized spacial score (nSPS) is 11.0. The van der Waals surface area contributed by atoms with Gasteiger partial charge in [-0.25, -0.2) is 0 Å². The van der Waals surface area contributed by atoms with Crippen LogP contribution in [0.5, 0.6) is 0 Å². The van der Waals surface area contributed by atoms with Gasteiger partial charge in [0.1, 0.15) is 11.4 Å². The lowest BCUT2D eigenvalue weighted by molar-refractivity contribution is 0.579. The van der Waals surface area contributed by atoms with Crippen LogP contribution in [0, 0.1) is 0 Å². The molecule has 3 aromatic rings. The van der Waals surface area contributed by atoms with E-state index < -0.39 is 0 Å². The van der Waals surface area contributed by atoms with Crippen LogP contribution < -0.4 is 5.32 Å². The minimum Gasteiger partial charge on any atom is -0.311 e. The highest BCUT2D eigenvalue weighted by molar-refractivity contribution is 6.42. The summed E-state index contributed by atoms with van der Waals surface area (Å²) in [5.41, 5.74) is 3.90. The molecule has 0 bridgehead atoms. The van der Waals surface area contributed by atoms with Crippen LogP contribution in [0.15, 0.2) is 48.5 Å². The number of halogens is 2. The Morgan fingerprint density at radius 3 is 2.50 bits per heavy atom. The second-order valence-corrected chi connectivity index (χ2v) is 6.23. The van der Waals surface area contributed by atoms with Crippen molar-refractivity contribution in [2.45, 2.75) is 20.0 Å². The van der Waals surface area contributed by atoms with Crippen LogP contribution in [0.25, 0.3) is 11.3 Å². The van der Waals surface area contributed by atoms with Crippen molar-refractivity contribution >= 4 is 23.2 Å². The maximum absolute atomic E-state index is 6.09.